The second-order valence-corrected chi connectivity index (χ2v) is 4.16. The van der Waals surface area contributed by atoms with Crippen molar-refractivity contribution >= 4 is 0 Å². The number of aliphatic hydroxyl groups is 1. The predicted molar refractivity (Wildman–Crippen MR) is 51.8 cm³/mol. The average molecular weight is 196 g/mol. The van der Waals surface area contributed by atoms with Crippen molar-refractivity contribution in [1.29, 1.82) is 0 Å². The molecule has 0 saturated carbocycles. The van der Waals surface area contributed by atoms with E-state index in [9.17, 15) is 5.11 Å². The molecule has 1 N–H and O–H groups in total. The molecule has 1 saturated heterocycles. The van der Waals surface area contributed by atoms with E-state index in [1.807, 2.05) is 19.9 Å². The highest BCUT2D eigenvalue weighted by molar-refractivity contribution is 5.05. The van der Waals surface area contributed by atoms with Crippen molar-refractivity contribution in [3.63, 3.8) is 0 Å². The first-order valence-electron chi connectivity index (χ1n) is 4.98. The van der Waals surface area contributed by atoms with Crippen molar-refractivity contribution in [1.82, 2.24) is 10.1 Å². The highest BCUT2D eigenvalue weighted by Gasteiger charge is 2.39. The number of β-amino-alcohol motifs (C(OH)–C–C–N with tert-alkyl or cyclic N) is 1. The zero-order valence-electron chi connectivity index (χ0n) is 8.66. The van der Waals surface area contributed by atoms with Crippen LogP contribution in [0.25, 0.3) is 0 Å². The lowest BCUT2D eigenvalue weighted by molar-refractivity contribution is -0.105. The first kappa shape index (κ1) is 9.68. The normalized spacial score (nSPS) is 20.8. The number of likely N-dealkylation sites (tertiary alicyclic amines) is 1. The lowest BCUT2D eigenvalue weighted by atomic mass is 9.91. The fraction of sp³-hybridized carbons (Fsp3) is 0.700. The monoisotopic (exact) mass is 196 g/mol. The van der Waals surface area contributed by atoms with Crippen molar-refractivity contribution in [3.05, 3.63) is 17.5 Å². The smallest absolute Gasteiger partial charge is 0.150 e. The largest absolute Gasteiger partial charge is 0.387 e. The molecule has 1 aromatic heterocycles. The number of hydrogen-bond acceptors (Lipinski definition) is 4. The number of nitrogens with zero attached hydrogens (tertiary/aromatic N) is 2. The van der Waals surface area contributed by atoms with Crippen LogP contribution in [0.3, 0.4) is 0 Å². The predicted octanol–water partition coefficient (Wildman–Crippen LogP) is 0.940. The van der Waals surface area contributed by atoms with Crippen LogP contribution in [0.4, 0.5) is 0 Å². The zero-order valence-corrected chi connectivity index (χ0v) is 8.66. The van der Waals surface area contributed by atoms with Crippen LogP contribution in [0.1, 0.15) is 24.8 Å². The van der Waals surface area contributed by atoms with Gasteiger partial charge in [-0.25, -0.2) is 0 Å². The Morgan fingerprint density at radius 3 is 2.86 bits per heavy atom. The maximum absolute atomic E-state index is 9.78. The average Bonchev–Trinajstić information content (AvgIpc) is 2.48. The van der Waals surface area contributed by atoms with Gasteiger partial charge < -0.3 is 9.63 Å². The molecule has 2 heterocycles. The summed E-state index contributed by atoms with van der Waals surface area (Å²) in [6.45, 7) is 6.15. The van der Waals surface area contributed by atoms with Crippen molar-refractivity contribution in [2.24, 2.45) is 0 Å². The minimum Gasteiger partial charge on any atom is -0.387 e. The molecule has 1 aromatic rings. The van der Waals surface area contributed by atoms with Gasteiger partial charge in [-0.05, 0) is 13.3 Å². The van der Waals surface area contributed by atoms with Crippen molar-refractivity contribution in [2.75, 3.05) is 13.1 Å². The van der Waals surface area contributed by atoms with Crippen LogP contribution in [0.2, 0.25) is 0 Å². The van der Waals surface area contributed by atoms with E-state index >= 15 is 0 Å². The second kappa shape index (κ2) is 3.37. The van der Waals surface area contributed by atoms with Gasteiger partial charge in [-0.3, -0.25) is 4.90 Å². The lowest BCUT2D eigenvalue weighted by Crippen LogP contribution is -2.60. The maximum Gasteiger partial charge on any atom is 0.150 e. The quantitative estimate of drug-likeness (QED) is 0.781. The Bertz CT molecular complexity index is 316. The molecule has 1 aliphatic heterocycles. The number of rotatable bonds is 3. The lowest BCUT2D eigenvalue weighted by Gasteiger charge is -2.45. The molecule has 0 bridgehead atoms. The van der Waals surface area contributed by atoms with E-state index in [0.29, 0.717) is 0 Å². The third-order valence-electron chi connectivity index (χ3n) is 2.75. The van der Waals surface area contributed by atoms with E-state index in [1.165, 1.54) is 0 Å². The molecule has 14 heavy (non-hydrogen) atoms. The standard InChI is InChI=1S/C10H16N2O2/c1-3-10(13)6-12(7-10)5-9-4-8(2)11-14-9/h4,13H,3,5-7H2,1-2H3. The Balaban J connectivity index is 1.85. The molecule has 0 amide bonds. The summed E-state index contributed by atoms with van der Waals surface area (Å²) in [7, 11) is 0. The van der Waals surface area contributed by atoms with E-state index < -0.39 is 5.60 Å². The van der Waals surface area contributed by atoms with Crippen LogP contribution in [0.15, 0.2) is 10.6 Å². The summed E-state index contributed by atoms with van der Waals surface area (Å²) in [6, 6.07) is 1.93. The van der Waals surface area contributed by atoms with Crippen molar-refractivity contribution < 1.29 is 9.63 Å². The van der Waals surface area contributed by atoms with Crippen LogP contribution >= 0.6 is 0 Å². The van der Waals surface area contributed by atoms with Gasteiger partial charge in [0.2, 0.25) is 0 Å². The summed E-state index contributed by atoms with van der Waals surface area (Å²) in [6.07, 6.45) is 0.818. The van der Waals surface area contributed by atoms with Gasteiger partial charge in [-0.15, -0.1) is 0 Å². The first-order chi connectivity index (χ1) is 6.61. The Morgan fingerprint density at radius 2 is 2.36 bits per heavy atom. The Kier molecular flexibility index (Phi) is 2.33. The van der Waals surface area contributed by atoms with Crippen LogP contribution in [-0.4, -0.2) is 33.9 Å². The van der Waals surface area contributed by atoms with E-state index in [2.05, 4.69) is 10.1 Å². The van der Waals surface area contributed by atoms with Gasteiger partial charge in [0.1, 0.15) is 0 Å². The molecule has 0 unspecified atom stereocenters. The fourth-order valence-corrected chi connectivity index (χ4v) is 1.83. The highest BCUT2D eigenvalue weighted by Crippen LogP contribution is 2.25. The molecular formula is C10H16N2O2. The molecule has 0 atom stereocenters. The summed E-state index contributed by atoms with van der Waals surface area (Å²) in [5.74, 6) is 0.876. The molecule has 4 heteroatoms. The summed E-state index contributed by atoms with van der Waals surface area (Å²) in [5.41, 5.74) is 0.445. The van der Waals surface area contributed by atoms with E-state index in [4.69, 9.17) is 4.52 Å². The Labute approximate surface area is 83.5 Å². The summed E-state index contributed by atoms with van der Waals surface area (Å²) in [5, 5.41) is 13.6. The van der Waals surface area contributed by atoms with Gasteiger partial charge >= 0.3 is 0 Å². The molecule has 2 rings (SSSR count). The summed E-state index contributed by atoms with van der Waals surface area (Å²) < 4.78 is 5.10. The summed E-state index contributed by atoms with van der Waals surface area (Å²) in [4.78, 5) is 2.16. The van der Waals surface area contributed by atoms with Gasteiger partial charge in [-0.1, -0.05) is 12.1 Å². The highest BCUT2D eigenvalue weighted by atomic mass is 16.5. The van der Waals surface area contributed by atoms with Crippen molar-refractivity contribution in [3.8, 4) is 0 Å². The van der Waals surface area contributed by atoms with Crippen LogP contribution in [0.5, 0.6) is 0 Å². The molecule has 4 nitrogen and oxygen atoms in total. The number of aryl methyl sites for hydroxylation is 1. The van der Waals surface area contributed by atoms with Gasteiger partial charge in [-0.2, -0.15) is 0 Å². The first-order valence-corrected chi connectivity index (χ1v) is 4.98. The van der Waals surface area contributed by atoms with Crippen molar-refractivity contribution in [2.45, 2.75) is 32.4 Å². The molecule has 0 aromatic carbocycles. The van der Waals surface area contributed by atoms with Gasteiger partial charge in [0.25, 0.3) is 0 Å². The molecule has 78 valence electrons. The molecular weight excluding hydrogens is 180 g/mol. The maximum atomic E-state index is 9.78. The van der Waals surface area contributed by atoms with E-state index in [1.54, 1.807) is 0 Å². The molecule has 0 radical (unpaired) electrons. The number of hydrogen-bond donors (Lipinski definition) is 1. The minimum absolute atomic E-state index is 0.463. The molecule has 1 aliphatic rings. The van der Waals surface area contributed by atoms with Crippen LogP contribution < -0.4 is 0 Å². The Morgan fingerprint density at radius 1 is 1.64 bits per heavy atom. The van der Waals surface area contributed by atoms with Gasteiger partial charge in [0.05, 0.1) is 17.8 Å². The van der Waals surface area contributed by atoms with Gasteiger partial charge in [0, 0.05) is 19.2 Å². The SMILES string of the molecule is CCC1(O)CN(Cc2cc(C)no2)C1. The summed E-state index contributed by atoms with van der Waals surface area (Å²) >= 11 is 0. The molecule has 0 spiro atoms. The van der Waals surface area contributed by atoms with E-state index in [0.717, 1.165) is 37.5 Å². The molecule has 0 aliphatic carbocycles. The number of aromatic nitrogens is 1. The van der Waals surface area contributed by atoms with E-state index in [-0.39, 0.29) is 0 Å². The second-order valence-electron chi connectivity index (χ2n) is 4.16. The van der Waals surface area contributed by atoms with Crippen LogP contribution in [0, 0.1) is 6.92 Å². The van der Waals surface area contributed by atoms with Crippen LogP contribution in [-0.2, 0) is 6.54 Å². The minimum atomic E-state index is -0.463. The third kappa shape index (κ3) is 1.81. The molecule has 1 fully saturated rings. The van der Waals surface area contributed by atoms with Gasteiger partial charge in [0.15, 0.2) is 5.76 Å². The zero-order chi connectivity index (χ0) is 10.2. The topological polar surface area (TPSA) is 49.5 Å². The fourth-order valence-electron chi connectivity index (χ4n) is 1.83. The Hall–Kier alpha value is -0.870. The third-order valence-corrected chi connectivity index (χ3v) is 2.75.